The molecule has 0 aliphatic carbocycles. The van der Waals surface area contributed by atoms with Crippen molar-refractivity contribution in [3.8, 4) is 0 Å². The third-order valence-corrected chi connectivity index (χ3v) is 4.81. The summed E-state index contributed by atoms with van der Waals surface area (Å²) in [6, 6.07) is 0.436. The number of hydrogen-bond acceptors (Lipinski definition) is 4. The van der Waals surface area contributed by atoms with Crippen molar-refractivity contribution in [3.63, 3.8) is 0 Å². The molecule has 5 heteroatoms. The van der Waals surface area contributed by atoms with Crippen LogP contribution in [0.1, 0.15) is 19.8 Å². The lowest BCUT2D eigenvalue weighted by molar-refractivity contribution is -0.137. The van der Waals surface area contributed by atoms with Crippen molar-refractivity contribution in [2.75, 3.05) is 45.9 Å². The maximum Gasteiger partial charge on any atom is 0.239 e. The van der Waals surface area contributed by atoms with Crippen molar-refractivity contribution in [2.24, 2.45) is 5.92 Å². The number of nitrogens with one attached hydrogen (secondary N) is 1. The van der Waals surface area contributed by atoms with Crippen LogP contribution in [0, 0.1) is 5.92 Å². The molecule has 0 spiro atoms. The molecule has 19 heavy (non-hydrogen) atoms. The van der Waals surface area contributed by atoms with Gasteiger partial charge in [0.2, 0.25) is 5.91 Å². The summed E-state index contributed by atoms with van der Waals surface area (Å²) in [6.45, 7) is 8.46. The van der Waals surface area contributed by atoms with E-state index in [1.807, 2.05) is 11.8 Å². The Bertz CT molecular complexity index is 323. The first kappa shape index (κ1) is 13.3. The van der Waals surface area contributed by atoms with E-state index in [-0.39, 0.29) is 11.9 Å². The van der Waals surface area contributed by atoms with Gasteiger partial charge in [-0.15, -0.1) is 0 Å². The van der Waals surface area contributed by atoms with Crippen LogP contribution in [-0.4, -0.2) is 73.7 Å². The van der Waals surface area contributed by atoms with Gasteiger partial charge in [-0.05, 0) is 38.8 Å². The van der Waals surface area contributed by atoms with E-state index >= 15 is 0 Å². The molecule has 5 nitrogen and oxygen atoms in total. The van der Waals surface area contributed by atoms with Crippen molar-refractivity contribution in [1.82, 2.24) is 15.1 Å². The van der Waals surface area contributed by atoms with Gasteiger partial charge in [-0.1, -0.05) is 0 Å². The van der Waals surface area contributed by atoms with E-state index < -0.39 is 0 Å². The highest BCUT2D eigenvalue weighted by atomic mass is 16.5. The molecule has 2 bridgehead atoms. The lowest BCUT2D eigenvalue weighted by Gasteiger charge is -2.46. The third kappa shape index (κ3) is 2.93. The second-order valence-electron chi connectivity index (χ2n) is 6.07. The first-order chi connectivity index (χ1) is 9.24. The van der Waals surface area contributed by atoms with Gasteiger partial charge in [0, 0.05) is 25.7 Å². The molecule has 0 aromatic rings. The van der Waals surface area contributed by atoms with Gasteiger partial charge in [0.25, 0.3) is 0 Å². The zero-order valence-electron chi connectivity index (χ0n) is 11.8. The molecule has 0 aromatic heterocycles. The van der Waals surface area contributed by atoms with E-state index in [2.05, 4.69) is 10.2 Å². The minimum atomic E-state index is -0.0661. The highest BCUT2D eigenvalue weighted by molar-refractivity contribution is 5.81. The fourth-order valence-electron chi connectivity index (χ4n) is 3.60. The number of piperidine rings is 3. The van der Waals surface area contributed by atoms with E-state index in [1.165, 1.54) is 25.9 Å². The Balaban J connectivity index is 1.52. The zero-order chi connectivity index (χ0) is 13.2. The molecule has 2 atom stereocenters. The predicted octanol–water partition coefficient (Wildman–Crippen LogP) is -0.0825. The van der Waals surface area contributed by atoms with Crippen molar-refractivity contribution in [2.45, 2.75) is 31.8 Å². The third-order valence-electron chi connectivity index (χ3n) is 4.81. The van der Waals surface area contributed by atoms with Crippen LogP contribution in [0.3, 0.4) is 0 Å². The topological polar surface area (TPSA) is 44.8 Å². The van der Waals surface area contributed by atoms with Crippen molar-refractivity contribution < 1.29 is 9.53 Å². The highest BCUT2D eigenvalue weighted by Crippen LogP contribution is 2.27. The number of rotatable bonds is 3. The summed E-state index contributed by atoms with van der Waals surface area (Å²) in [5, 5.41) is 3.57. The molecule has 4 aliphatic rings. The van der Waals surface area contributed by atoms with Crippen molar-refractivity contribution in [1.29, 1.82) is 0 Å². The zero-order valence-corrected chi connectivity index (χ0v) is 11.8. The number of amides is 1. The molecule has 4 rings (SSSR count). The van der Waals surface area contributed by atoms with Gasteiger partial charge < -0.3 is 19.9 Å². The summed E-state index contributed by atoms with van der Waals surface area (Å²) in [5.41, 5.74) is 0. The van der Waals surface area contributed by atoms with Gasteiger partial charge in [-0.2, -0.15) is 0 Å². The van der Waals surface area contributed by atoms with E-state index in [0.717, 1.165) is 25.6 Å². The van der Waals surface area contributed by atoms with Crippen molar-refractivity contribution >= 4 is 5.91 Å². The average molecular weight is 267 g/mol. The number of morpholine rings is 1. The molecule has 4 aliphatic heterocycles. The van der Waals surface area contributed by atoms with Gasteiger partial charge in [0.05, 0.1) is 19.3 Å². The number of nitrogens with zero attached hydrogens (tertiary/aromatic N) is 2. The van der Waals surface area contributed by atoms with Crippen LogP contribution >= 0.6 is 0 Å². The SMILES string of the molecule is CC(NC1CN2CCC1CC2)C(=O)N1CCOCC1. The Kier molecular flexibility index (Phi) is 4.05. The fraction of sp³-hybridized carbons (Fsp3) is 0.929. The number of ether oxygens (including phenoxy) is 1. The Morgan fingerprint density at radius 2 is 1.89 bits per heavy atom. The smallest absolute Gasteiger partial charge is 0.239 e. The first-order valence-electron chi connectivity index (χ1n) is 7.59. The summed E-state index contributed by atoms with van der Waals surface area (Å²) >= 11 is 0. The van der Waals surface area contributed by atoms with Gasteiger partial charge in [0.1, 0.15) is 0 Å². The normalized spacial score (nSPS) is 36.3. The van der Waals surface area contributed by atoms with Crippen LogP contribution in [-0.2, 0) is 9.53 Å². The quantitative estimate of drug-likeness (QED) is 0.777. The fourth-order valence-corrected chi connectivity index (χ4v) is 3.60. The van der Waals surface area contributed by atoms with E-state index in [4.69, 9.17) is 4.74 Å². The number of carbonyl (C=O) groups is 1. The minimum absolute atomic E-state index is 0.0661. The second kappa shape index (κ2) is 5.77. The lowest BCUT2D eigenvalue weighted by atomic mass is 9.83. The molecular formula is C14H25N3O2. The molecule has 4 heterocycles. The van der Waals surface area contributed by atoms with E-state index in [0.29, 0.717) is 19.3 Å². The van der Waals surface area contributed by atoms with Gasteiger partial charge >= 0.3 is 0 Å². The van der Waals surface area contributed by atoms with Crippen molar-refractivity contribution in [3.05, 3.63) is 0 Å². The maximum atomic E-state index is 12.4. The van der Waals surface area contributed by atoms with Crippen LogP contribution in [0.2, 0.25) is 0 Å². The van der Waals surface area contributed by atoms with Crippen LogP contribution in [0.15, 0.2) is 0 Å². The molecule has 1 amide bonds. The Labute approximate surface area is 115 Å². The summed E-state index contributed by atoms with van der Waals surface area (Å²) in [6.07, 6.45) is 2.58. The Hall–Kier alpha value is -0.650. The molecule has 2 unspecified atom stereocenters. The number of carbonyl (C=O) groups excluding carboxylic acids is 1. The van der Waals surface area contributed by atoms with Gasteiger partial charge in [0.15, 0.2) is 0 Å². The molecule has 4 fully saturated rings. The summed E-state index contributed by atoms with van der Waals surface area (Å²) in [5.74, 6) is 1.00. The minimum Gasteiger partial charge on any atom is -0.378 e. The molecule has 0 radical (unpaired) electrons. The average Bonchev–Trinajstić information content (AvgIpc) is 2.48. The number of hydrogen-bond donors (Lipinski definition) is 1. The van der Waals surface area contributed by atoms with Gasteiger partial charge in [-0.3, -0.25) is 4.79 Å². The molecule has 108 valence electrons. The van der Waals surface area contributed by atoms with Gasteiger partial charge in [-0.25, -0.2) is 0 Å². The Morgan fingerprint density at radius 3 is 2.47 bits per heavy atom. The summed E-state index contributed by atoms with van der Waals surface area (Å²) < 4.78 is 5.30. The number of fused-ring (bicyclic) bond motifs is 3. The monoisotopic (exact) mass is 267 g/mol. The van der Waals surface area contributed by atoms with E-state index in [9.17, 15) is 4.79 Å². The molecule has 1 N–H and O–H groups in total. The standard InChI is InChI=1S/C14H25N3O2/c1-11(14(18)17-6-8-19-9-7-17)15-13-10-16-4-2-12(13)3-5-16/h11-13,15H,2-10H2,1H3. The van der Waals surface area contributed by atoms with Crippen LogP contribution in [0.25, 0.3) is 0 Å². The molecule has 0 aromatic carbocycles. The second-order valence-corrected chi connectivity index (χ2v) is 6.07. The molecule has 0 saturated carbocycles. The maximum absolute atomic E-state index is 12.4. The van der Waals surface area contributed by atoms with Crippen LogP contribution in [0.4, 0.5) is 0 Å². The van der Waals surface area contributed by atoms with Crippen LogP contribution in [0.5, 0.6) is 0 Å². The Morgan fingerprint density at radius 1 is 1.21 bits per heavy atom. The lowest BCUT2D eigenvalue weighted by Crippen LogP contribution is -2.60. The summed E-state index contributed by atoms with van der Waals surface area (Å²) in [4.78, 5) is 16.8. The summed E-state index contributed by atoms with van der Waals surface area (Å²) in [7, 11) is 0. The van der Waals surface area contributed by atoms with E-state index in [1.54, 1.807) is 0 Å². The predicted molar refractivity (Wildman–Crippen MR) is 72.9 cm³/mol. The highest BCUT2D eigenvalue weighted by Gasteiger charge is 2.35. The molecule has 4 saturated heterocycles. The first-order valence-corrected chi connectivity index (χ1v) is 7.59. The molecular weight excluding hydrogens is 242 g/mol. The van der Waals surface area contributed by atoms with Crippen LogP contribution < -0.4 is 5.32 Å². The largest absolute Gasteiger partial charge is 0.378 e.